The summed E-state index contributed by atoms with van der Waals surface area (Å²) in [6, 6.07) is 5.19. The minimum Gasteiger partial charge on any atom is -0.398 e. The van der Waals surface area contributed by atoms with Crippen molar-refractivity contribution in [2.75, 3.05) is 5.73 Å². The Morgan fingerprint density at radius 1 is 1.40 bits per heavy atom. The Morgan fingerprint density at radius 3 is 2.95 bits per heavy atom. The van der Waals surface area contributed by atoms with Crippen LogP contribution in [0.4, 0.5) is 5.69 Å². The van der Waals surface area contributed by atoms with Crippen molar-refractivity contribution in [3.8, 4) is 0 Å². The summed E-state index contributed by atoms with van der Waals surface area (Å²) >= 11 is 6.09. The average Bonchev–Trinajstić information content (AvgIpc) is 2.79. The largest absolute Gasteiger partial charge is 0.398 e. The molecule has 20 heavy (non-hydrogen) atoms. The first-order valence-corrected chi connectivity index (χ1v) is 6.24. The zero-order chi connectivity index (χ0) is 14.3. The summed E-state index contributed by atoms with van der Waals surface area (Å²) in [6.07, 6.45) is 1.47. The quantitative estimate of drug-likeness (QED) is 0.705. The molecule has 3 rings (SSSR count). The second-order valence-electron chi connectivity index (χ2n) is 4.37. The van der Waals surface area contributed by atoms with Gasteiger partial charge < -0.3 is 5.73 Å². The van der Waals surface area contributed by atoms with E-state index in [0.717, 1.165) is 0 Å². The highest BCUT2D eigenvalue weighted by atomic mass is 35.5. The Kier molecular flexibility index (Phi) is 2.90. The van der Waals surface area contributed by atoms with Crippen LogP contribution in [0.25, 0.3) is 11.0 Å². The molecule has 102 valence electrons. The van der Waals surface area contributed by atoms with Crippen molar-refractivity contribution in [2.45, 2.75) is 6.54 Å². The smallest absolute Gasteiger partial charge is 0.281 e. The third-order valence-electron chi connectivity index (χ3n) is 3.08. The lowest BCUT2D eigenvalue weighted by Gasteiger charge is -2.08. The van der Waals surface area contributed by atoms with Gasteiger partial charge in [-0.1, -0.05) is 22.9 Å². The third kappa shape index (κ3) is 1.92. The van der Waals surface area contributed by atoms with Crippen LogP contribution < -0.4 is 11.3 Å². The molecule has 0 aliphatic rings. The number of hydrogen-bond donors (Lipinski definition) is 1. The van der Waals surface area contributed by atoms with Gasteiger partial charge >= 0.3 is 0 Å². The number of nitrogens with two attached hydrogens (primary N) is 1. The van der Waals surface area contributed by atoms with Gasteiger partial charge in [0.25, 0.3) is 5.56 Å². The summed E-state index contributed by atoms with van der Waals surface area (Å²) in [6.45, 7) is 0.169. The van der Waals surface area contributed by atoms with Crippen molar-refractivity contribution in [1.29, 1.82) is 0 Å². The van der Waals surface area contributed by atoms with Gasteiger partial charge in [-0.25, -0.2) is 9.36 Å². The van der Waals surface area contributed by atoms with Crippen molar-refractivity contribution < 1.29 is 0 Å². The predicted molar refractivity (Wildman–Crippen MR) is 75.5 cm³/mol. The summed E-state index contributed by atoms with van der Waals surface area (Å²) < 4.78 is 2.72. The fraction of sp³-hybridized carbons (Fsp3) is 0.167. The minimum absolute atomic E-state index is 0.169. The maximum Gasteiger partial charge on any atom is 0.281 e. The Morgan fingerprint density at radius 2 is 2.20 bits per heavy atom. The zero-order valence-electron chi connectivity index (χ0n) is 10.6. The average molecular weight is 291 g/mol. The number of anilines is 1. The van der Waals surface area contributed by atoms with Crippen molar-refractivity contribution in [3.05, 3.63) is 45.3 Å². The molecule has 0 saturated heterocycles. The molecule has 8 heteroatoms. The minimum atomic E-state index is -0.276. The van der Waals surface area contributed by atoms with Crippen molar-refractivity contribution >= 4 is 28.3 Å². The van der Waals surface area contributed by atoms with E-state index in [-0.39, 0.29) is 12.1 Å². The second-order valence-corrected chi connectivity index (χ2v) is 4.77. The van der Waals surface area contributed by atoms with Crippen molar-refractivity contribution in [2.24, 2.45) is 7.05 Å². The molecule has 2 N–H and O–H groups in total. The summed E-state index contributed by atoms with van der Waals surface area (Å²) in [5.74, 6) is 0. The lowest BCUT2D eigenvalue weighted by molar-refractivity contribution is 0.596. The first kappa shape index (κ1) is 12.6. The number of aromatic nitrogens is 5. The molecule has 0 aliphatic heterocycles. The molecule has 2 heterocycles. The van der Waals surface area contributed by atoms with E-state index < -0.39 is 0 Å². The van der Waals surface area contributed by atoms with Crippen LogP contribution >= 0.6 is 11.6 Å². The summed E-state index contributed by atoms with van der Waals surface area (Å²) in [5, 5.41) is 12.8. The first-order chi connectivity index (χ1) is 9.58. The van der Waals surface area contributed by atoms with Crippen LogP contribution in [-0.4, -0.2) is 24.8 Å². The monoisotopic (exact) mass is 290 g/mol. The van der Waals surface area contributed by atoms with E-state index >= 15 is 0 Å². The van der Waals surface area contributed by atoms with Crippen LogP contribution in [0.2, 0.25) is 5.02 Å². The number of nitrogens with zero attached hydrogens (tertiary/aromatic N) is 5. The van der Waals surface area contributed by atoms with Gasteiger partial charge in [0.05, 0.1) is 12.7 Å². The van der Waals surface area contributed by atoms with E-state index in [1.807, 2.05) is 0 Å². The summed E-state index contributed by atoms with van der Waals surface area (Å²) in [5.41, 5.74) is 7.20. The SMILES string of the molecule is Cn1ncc2c(=O)n(Cc3c(N)cccc3Cl)nnc21. The van der Waals surface area contributed by atoms with Gasteiger partial charge in [-0.15, -0.1) is 5.10 Å². The van der Waals surface area contributed by atoms with Crippen LogP contribution in [0.15, 0.2) is 29.2 Å². The van der Waals surface area contributed by atoms with Crippen LogP contribution in [-0.2, 0) is 13.6 Å². The van der Waals surface area contributed by atoms with E-state index in [9.17, 15) is 4.79 Å². The molecule has 0 aliphatic carbocycles. The second kappa shape index (κ2) is 4.61. The lowest BCUT2D eigenvalue weighted by atomic mass is 10.2. The van der Waals surface area contributed by atoms with Crippen LogP contribution in [0.5, 0.6) is 0 Å². The zero-order valence-corrected chi connectivity index (χ0v) is 11.4. The van der Waals surface area contributed by atoms with Crippen LogP contribution in [0.3, 0.4) is 0 Å². The number of nitrogen functional groups attached to an aromatic ring is 1. The van der Waals surface area contributed by atoms with Gasteiger partial charge in [-0.3, -0.25) is 4.79 Å². The Labute approximate surface area is 118 Å². The third-order valence-corrected chi connectivity index (χ3v) is 3.44. The lowest BCUT2D eigenvalue weighted by Crippen LogP contribution is -2.25. The molecule has 0 bridgehead atoms. The molecular weight excluding hydrogens is 280 g/mol. The molecule has 3 aromatic rings. The molecule has 2 aromatic heterocycles. The number of halogens is 1. The standard InChI is InChI=1S/C12H11ClN6O/c1-18-11-7(5-15-18)12(20)19(17-16-11)6-8-9(13)3-2-4-10(8)14/h2-5H,6,14H2,1H3. The van der Waals surface area contributed by atoms with Gasteiger partial charge in [0.2, 0.25) is 0 Å². The summed E-state index contributed by atoms with van der Waals surface area (Å²) in [7, 11) is 1.70. The normalized spacial score (nSPS) is 11.1. The predicted octanol–water partition coefficient (Wildman–Crippen LogP) is 0.809. The fourth-order valence-electron chi connectivity index (χ4n) is 1.97. The molecule has 1 aromatic carbocycles. The Hall–Kier alpha value is -2.41. The molecule has 0 unspecified atom stereocenters. The number of hydrogen-bond acceptors (Lipinski definition) is 5. The molecule has 7 nitrogen and oxygen atoms in total. The van der Waals surface area contributed by atoms with Crippen molar-refractivity contribution in [1.82, 2.24) is 24.8 Å². The van der Waals surface area contributed by atoms with Crippen LogP contribution in [0, 0.1) is 0 Å². The first-order valence-electron chi connectivity index (χ1n) is 5.86. The topological polar surface area (TPSA) is 91.6 Å². The van der Waals surface area contributed by atoms with Gasteiger partial charge in [-0.05, 0) is 12.1 Å². The van der Waals surface area contributed by atoms with Gasteiger partial charge in [-0.2, -0.15) is 5.10 Å². The number of aryl methyl sites for hydroxylation is 1. The number of rotatable bonds is 2. The highest BCUT2D eigenvalue weighted by Crippen LogP contribution is 2.22. The maximum atomic E-state index is 12.3. The van der Waals surface area contributed by atoms with E-state index in [0.29, 0.717) is 27.3 Å². The highest BCUT2D eigenvalue weighted by Gasteiger charge is 2.12. The van der Waals surface area contributed by atoms with Gasteiger partial charge in [0.1, 0.15) is 5.39 Å². The Balaban J connectivity index is 2.12. The van der Waals surface area contributed by atoms with E-state index in [1.165, 1.54) is 15.6 Å². The van der Waals surface area contributed by atoms with E-state index in [2.05, 4.69) is 15.4 Å². The molecule has 0 saturated carbocycles. The van der Waals surface area contributed by atoms with Gasteiger partial charge in [0, 0.05) is 23.3 Å². The molecule has 0 atom stereocenters. The Bertz CT molecular complexity index is 833. The highest BCUT2D eigenvalue weighted by molar-refractivity contribution is 6.31. The number of benzene rings is 1. The molecule has 0 amide bonds. The summed E-state index contributed by atoms with van der Waals surface area (Å²) in [4.78, 5) is 12.3. The van der Waals surface area contributed by atoms with E-state index in [4.69, 9.17) is 17.3 Å². The molecule has 0 fully saturated rings. The number of fused-ring (bicyclic) bond motifs is 1. The fourth-order valence-corrected chi connectivity index (χ4v) is 2.21. The van der Waals surface area contributed by atoms with Gasteiger partial charge in [0.15, 0.2) is 5.65 Å². The van der Waals surface area contributed by atoms with E-state index in [1.54, 1.807) is 25.2 Å². The molecule has 0 spiro atoms. The molecular formula is C12H11ClN6O. The molecule has 0 radical (unpaired) electrons. The maximum absolute atomic E-state index is 12.3. The van der Waals surface area contributed by atoms with Crippen LogP contribution in [0.1, 0.15) is 5.56 Å². The van der Waals surface area contributed by atoms with Crippen molar-refractivity contribution in [3.63, 3.8) is 0 Å².